The number of benzene rings is 1. The molecule has 1 heterocycles. The van der Waals surface area contributed by atoms with Gasteiger partial charge in [-0.15, -0.1) is 11.8 Å². The molecule has 0 unspecified atom stereocenters. The average Bonchev–Trinajstić information content (AvgIpc) is 2.80. The Morgan fingerprint density at radius 1 is 1.42 bits per heavy atom. The number of carboxylic acids is 1. The maximum Gasteiger partial charge on any atom is 0.435 e. The van der Waals surface area contributed by atoms with Crippen molar-refractivity contribution < 1.29 is 23.1 Å². The SMILES string of the molecule is Cn1nc(C(F)(F)F)c(/C=C/C(=O)O)c1SCc1ccccc1Cl. The molecule has 0 amide bonds. The molecule has 0 aliphatic rings. The van der Waals surface area contributed by atoms with Crippen LogP contribution in [0.3, 0.4) is 0 Å². The van der Waals surface area contributed by atoms with Crippen molar-refractivity contribution in [2.45, 2.75) is 17.0 Å². The Morgan fingerprint density at radius 3 is 2.67 bits per heavy atom. The Labute approximate surface area is 144 Å². The van der Waals surface area contributed by atoms with Crippen molar-refractivity contribution in [3.63, 3.8) is 0 Å². The highest BCUT2D eigenvalue weighted by molar-refractivity contribution is 7.98. The summed E-state index contributed by atoms with van der Waals surface area (Å²) in [6.07, 6.45) is -3.11. The fraction of sp³-hybridized carbons (Fsp3) is 0.200. The van der Waals surface area contributed by atoms with E-state index < -0.39 is 17.8 Å². The Balaban J connectivity index is 2.39. The van der Waals surface area contributed by atoms with E-state index in [1.165, 1.54) is 7.05 Å². The third kappa shape index (κ3) is 4.33. The van der Waals surface area contributed by atoms with Gasteiger partial charge in [0.05, 0.1) is 0 Å². The summed E-state index contributed by atoms with van der Waals surface area (Å²) in [5.74, 6) is -1.02. The zero-order valence-electron chi connectivity index (χ0n) is 12.3. The van der Waals surface area contributed by atoms with Gasteiger partial charge in [0.15, 0.2) is 5.69 Å². The van der Waals surface area contributed by atoms with Crippen LogP contribution in [0.2, 0.25) is 5.02 Å². The van der Waals surface area contributed by atoms with Gasteiger partial charge < -0.3 is 5.11 Å². The zero-order valence-corrected chi connectivity index (χ0v) is 13.9. The van der Waals surface area contributed by atoms with Crippen LogP contribution in [0.15, 0.2) is 35.4 Å². The second-order valence-electron chi connectivity index (χ2n) is 4.74. The number of rotatable bonds is 5. The third-order valence-corrected chi connectivity index (χ3v) is 4.59. The maximum absolute atomic E-state index is 13.1. The first-order chi connectivity index (χ1) is 11.2. The number of carbonyl (C=O) groups is 1. The number of halogens is 4. The molecule has 0 spiro atoms. The lowest BCUT2D eigenvalue weighted by molar-refractivity contribution is -0.141. The van der Waals surface area contributed by atoms with E-state index in [1.54, 1.807) is 24.3 Å². The lowest BCUT2D eigenvalue weighted by atomic mass is 10.2. The van der Waals surface area contributed by atoms with Crippen LogP contribution < -0.4 is 0 Å². The molecule has 128 valence electrons. The summed E-state index contributed by atoms with van der Waals surface area (Å²) < 4.78 is 40.4. The summed E-state index contributed by atoms with van der Waals surface area (Å²) >= 11 is 7.14. The van der Waals surface area contributed by atoms with E-state index in [1.807, 2.05) is 0 Å². The third-order valence-electron chi connectivity index (χ3n) is 3.01. The number of aromatic nitrogens is 2. The van der Waals surface area contributed by atoms with E-state index in [0.29, 0.717) is 16.9 Å². The monoisotopic (exact) mass is 376 g/mol. The predicted molar refractivity (Wildman–Crippen MR) is 85.9 cm³/mol. The molecule has 0 bridgehead atoms. The van der Waals surface area contributed by atoms with Crippen molar-refractivity contribution >= 4 is 35.4 Å². The predicted octanol–water partition coefficient (Wildman–Crippen LogP) is 4.48. The molecule has 9 heteroatoms. The first kappa shape index (κ1) is 18.4. The molecule has 2 rings (SSSR count). The Hall–Kier alpha value is -1.93. The van der Waals surface area contributed by atoms with Crippen molar-refractivity contribution in [3.05, 3.63) is 52.2 Å². The fourth-order valence-corrected chi connectivity index (χ4v) is 3.35. The fourth-order valence-electron chi connectivity index (χ4n) is 1.97. The van der Waals surface area contributed by atoms with Gasteiger partial charge in [-0.2, -0.15) is 18.3 Å². The van der Waals surface area contributed by atoms with Crippen LogP contribution in [0, 0.1) is 0 Å². The first-order valence-corrected chi connectivity index (χ1v) is 7.98. The number of nitrogens with zero attached hydrogens (tertiary/aromatic N) is 2. The van der Waals surface area contributed by atoms with E-state index in [9.17, 15) is 18.0 Å². The molecular formula is C15H12ClF3N2O2S. The van der Waals surface area contributed by atoms with E-state index >= 15 is 0 Å². The minimum absolute atomic E-state index is 0.208. The van der Waals surface area contributed by atoms with E-state index in [0.717, 1.165) is 28.1 Å². The zero-order chi connectivity index (χ0) is 17.9. The molecule has 0 fully saturated rings. The van der Waals surface area contributed by atoms with Gasteiger partial charge >= 0.3 is 12.1 Å². The molecule has 1 aromatic heterocycles. The number of alkyl halides is 3. The van der Waals surface area contributed by atoms with Gasteiger partial charge in [0, 0.05) is 29.5 Å². The number of hydrogen-bond donors (Lipinski definition) is 1. The van der Waals surface area contributed by atoms with E-state index in [-0.39, 0.29) is 10.6 Å². The lowest BCUT2D eigenvalue weighted by Gasteiger charge is -2.06. The summed E-state index contributed by atoms with van der Waals surface area (Å²) in [5.41, 5.74) is -0.638. The summed E-state index contributed by atoms with van der Waals surface area (Å²) in [4.78, 5) is 10.7. The second-order valence-corrected chi connectivity index (χ2v) is 6.11. The standard InChI is InChI=1S/C15H12ClF3N2O2S/c1-21-14(24-8-9-4-2-3-5-11(9)16)10(6-7-12(22)23)13(20-21)15(17,18)19/h2-7H,8H2,1H3,(H,22,23)/b7-6+. The van der Waals surface area contributed by atoms with Gasteiger partial charge in [0.1, 0.15) is 5.03 Å². The van der Waals surface area contributed by atoms with Gasteiger partial charge in [-0.25, -0.2) is 4.79 Å². The van der Waals surface area contributed by atoms with E-state index in [4.69, 9.17) is 16.7 Å². The van der Waals surface area contributed by atoms with Gasteiger partial charge in [-0.1, -0.05) is 29.8 Å². The first-order valence-electron chi connectivity index (χ1n) is 6.61. The molecule has 0 aliphatic heterocycles. The van der Waals surface area contributed by atoms with Crippen LogP contribution in [0.25, 0.3) is 6.08 Å². The van der Waals surface area contributed by atoms with Gasteiger partial charge in [0.25, 0.3) is 0 Å². The number of carboxylic acid groups (broad SMARTS) is 1. The van der Waals surface area contributed by atoms with Gasteiger partial charge in [-0.3, -0.25) is 4.68 Å². The smallest absolute Gasteiger partial charge is 0.435 e. The topological polar surface area (TPSA) is 55.1 Å². The van der Waals surface area contributed by atoms with Crippen LogP contribution >= 0.6 is 23.4 Å². The van der Waals surface area contributed by atoms with E-state index in [2.05, 4.69) is 5.10 Å². The second kappa shape index (κ2) is 7.31. The van der Waals surface area contributed by atoms with Crippen molar-refractivity contribution in [2.75, 3.05) is 0 Å². The van der Waals surface area contributed by atoms with Crippen LogP contribution in [-0.2, 0) is 23.8 Å². The number of aliphatic carboxylic acids is 1. The molecule has 1 aromatic carbocycles. The largest absolute Gasteiger partial charge is 0.478 e. The molecule has 2 aromatic rings. The van der Waals surface area contributed by atoms with Crippen molar-refractivity contribution in [1.29, 1.82) is 0 Å². The summed E-state index contributed by atoms with van der Waals surface area (Å²) in [7, 11) is 1.38. The molecule has 0 atom stereocenters. The van der Waals surface area contributed by atoms with Crippen molar-refractivity contribution in [3.8, 4) is 0 Å². The molecule has 1 N–H and O–H groups in total. The van der Waals surface area contributed by atoms with Crippen molar-refractivity contribution in [2.24, 2.45) is 7.05 Å². The minimum atomic E-state index is -4.68. The highest BCUT2D eigenvalue weighted by Gasteiger charge is 2.38. The summed E-state index contributed by atoms with van der Waals surface area (Å²) in [5, 5.41) is 12.9. The molecule has 0 saturated carbocycles. The Bertz CT molecular complexity index is 788. The Kier molecular flexibility index (Phi) is 5.61. The number of hydrogen-bond acceptors (Lipinski definition) is 3. The Morgan fingerprint density at radius 2 is 2.08 bits per heavy atom. The normalized spacial score (nSPS) is 12.0. The minimum Gasteiger partial charge on any atom is -0.478 e. The van der Waals surface area contributed by atoms with Crippen LogP contribution in [0.1, 0.15) is 16.8 Å². The molecule has 0 radical (unpaired) electrons. The maximum atomic E-state index is 13.1. The van der Waals surface area contributed by atoms with Crippen LogP contribution in [0.5, 0.6) is 0 Å². The molecule has 0 saturated heterocycles. The van der Waals surface area contributed by atoms with Crippen molar-refractivity contribution in [1.82, 2.24) is 9.78 Å². The highest BCUT2D eigenvalue weighted by atomic mass is 35.5. The summed E-state index contributed by atoms with van der Waals surface area (Å²) in [6, 6.07) is 6.98. The van der Waals surface area contributed by atoms with Crippen LogP contribution in [0.4, 0.5) is 13.2 Å². The molecule has 0 aliphatic carbocycles. The van der Waals surface area contributed by atoms with Crippen LogP contribution in [-0.4, -0.2) is 20.9 Å². The average molecular weight is 377 g/mol. The number of aryl methyl sites for hydroxylation is 1. The summed E-state index contributed by atoms with van der Waals surface area (Å²) in [6.45, 7) is 0. The van der Waals surface area contributed by atoms with Gasteiger partial charge in [-0.05, 0) is 17.7 Å². The molecule has 4 nitrogen and oxygen atoms in total. The highest BCUT2D eigenvalue weighted by Crippen LogP contribution is 2.38. The molecule has 24 heavy (non-hydrogen) atoms. The lowest BCUT2D eigenvalue weighted by Crippen LogP contribution is -2.08. The van der Waals surface area contributed by atoms with Gasteiger partial charge in [0.2, 0.25) is 0 Å². The molecular weight excluding hydrogens is 365 g/mol. The quantitative estimate of drug-likeness (QED) is 0.617. The number of thioether (sulfide) groups is 1.